The lowest BCUT2D eigenvalue weighted by Crippen LogP contribution is -2.30. The van der Waals surface area contributed by atoms with Crippen LogP contribution in [0.2, 0.25) is 0 Å². The quantitative estimate of drug-likeness (QED) is 0.688. The van der Waals surface area contributed by atoms with Gasteiger partial charge in [0.25, 0.3) is 5.91 Å². The standard InChI is InChI=1S/C9H13FN4O/c1-4-14(9(15)7(2)10)6-8-5-13(3)12-11-8/h5H,2,4,6H2,1,3H3. The average molecular weight is 212 g/mol. The third-order valence-electron chi connectivity index (χ3n) is 1.90. The van der Waals surface area contributed by atoms with Crippen molar-refractivity contribution < 1.29 is 9.18 Å². The first-order chi connectivity index (χ1) is 7.04. The van der Waals surface area contributed by atoms with Crippen molar-refractivity contribution in [1.29, 1.82) is 0 Å². The van der Waals surface area contributed by atoms with Gasteiger partial charge >= 0.3 is 0 Å². The molecule has 0 aromatic carbocycles. The minimum absolute atomic E-state index is 0.242. The van der Waals surface area contributed by atoms with E-state index in [0.29, 0.717) is 12.2 Å². The molecule has 0 saturated carbocycles. The van der Waals surface area contributed by atoms with Crippen molar-refractivity contribution in [2.24, 2.45) is 7.05 Å². The van der Waals surface area contributed by atoms with Crippen molar-refractivity contribution in [2.45, 2.75) is 13.5 Å². The summed E-state index contributed by atoms with van der Waals surface area (Å²) >= 11 is 0. The Morgan fingerprint density at radius 1 is 1.73 bits per heavy atom. The fraction of sp³-hybridized carbons (Fsp3) is 0.444. The summed E-state index contributed by atoms with van der Waals surface area (Å²) in [5.74, 6) is -1.66. The fourth-order valence-electron chi connectivity index (χ4n) is 1.16. The highest BCUT2D eigenvalue weighted by atomic mass is 19.1. The molecule has 1 aromatic rings. The van der Waals surface area contributed by atoms with Gasteiger partial charge in [-0.2, -0.15) is 0 Å². The zero-order chi connectivity index (χ0) is 11.4. The van der Waals surface area contributed by atoms with E-state index >= 15 is 0 Å². The molecule has 0 fully saturated rings. The summed E-state index contributed by atoms with van der Waals surface area (Å²) in [7, 11) is 1.72. The largest absolute Gasteiger partial charge is 0.331 e. The summed E-state index contributed by atoms with van der Waals surface area (Å²) in [6, 6.07) is 0. The minimum Gasteiger partial charge on any atom is -0.331 e. The molecule has 0 spiro atoms. The predicted octanol–water partition coefficient (Wildman–Crippen LogP) is 0.647. The monoisotopic (exact) mass is 212 g/mol. The maximum absolute atomic E-state index is 12.6. The summed E-state index contributed by atoms with van der Waals surface area (Å²) in [4.78, 5) is 12.6. The third kappa shape index (κ3) is 2.87. The van der Waals surface area contributed by atoms with Crippen LogP contribution in [0.3, 0.4) is 0 Å². The maximum atomic E-state index is 12.6. The van der Waals surface area contributed by atoms with Gasteiger partial charge in [0, 0.05) is 19.8 Å². The van der Waals surface area contributed by atoms with Crippen molar-refractivity contribution in [3.05, 3.63) is 24.3 Å². The second-order valence-corrected chi connectivity index (χ2v) is 3.11. The van der Waals surface area contributed by atoms with E-state index in [9.17, 15) is 9.18 Å². The number of nitrogens with zero attached hydrogens (tertiary/aromatic N) is 4. The average Bonchev–Trinajstić information content (AvgIpc) is 2.59. The van der Waals surface area contributed by atoms with E-state index in [1.54, 1.807) is 20.2 Å². The molecule has 1 heterocycles. The summed E-state index contributed by atoms with van der Waals surface area (Å²) in [5, 5.41) is 7.53. The molecule has 0 aliphatic carbocycles. The van der Waals surface area contributed by atoms with Crippen molar-refractivity contribution in [3.63, 3.8) is 0 Å². The Morgan fingerprint density at radius 2 is 2.40 bits per heavy atom. The molecular weight excluding hydrogens is 199 g/mol. The van der Waals surface area contributed by atoms with Gasteiger partial charge in [0.1, 0.15) is 5.69 Å². The summed E-state index contributed by atoms with van der Waals surface area (Å²) in [6.45, 7) is 5.38. The number of halogens is 1. The second kappa shape index (κ2) is 4.68. The first-order valence-electron chi connectivity index (χ1n) is 4.53. The van der Waals surface area contributed by atoms with Crippen LogP contribution < -0.4 is 0 Å². The van der Waals surface area contributed by atoms with Gasteiger partial charge in [-0.3, -0.25) is 9.48 Å². The van der Waals surface area contributed by atoms with Crippen molar-refractivity contribution in [2.75, 3.05) is 6.54 Å². The Labute approximate surface area is 87.2 Å². The van der Waals surface area contributed by atoms with E-state index in [1.165, 1.54) is 9.58 Å². The Hall–Kier alpha value is -1.72. The normalized spacial score (nSPS) is 10.1. The second-order valence-electron chi connectivity index (χ2n) is 3.11. The van der Waals surface area contributed by atoms with Crippen LogP contribution >= 0.6 is 0 Å². The number of amides is 1. The lowest BCUT2D eigenvalue weighted by molar-refractivity contribution is -0.129. The van der Waals surface area contributed by atoms with E-state index in [4.69, 9.17) is 0 Å². The van der Waals surface area contributed by atoms with Gasteiger partial charge in [0.2, 0.25) is 0 Å². The van der Waals surface area contributed by atoms with Crippen LogP contribution in [0.5, 0.6) is 0 Å². The number of aryl methyl sites for hydroxylation is 1. The summed E-state index contributed by atoms with van der Waals surface area (Å²) in [5.41, 5.74) is 0.619. The number of hydrogen-bond acceptors (Lipinski definition) is 3. The van der Waals surface area contributed by atoms with Gasteiger partial charge in [0.15, 0.2) is 5.83 Å². The van der Waals surface area contributed by atoms with Crippen molar-refractivity contribution in [3.8, 4) is 0 Å². The molecule has 0 N–H and O–H groups in total. The first kappa shape index (κ1) is 11.4. The van der Waals surface area contributed by atoms with Crippen molar-refractivity contribution >= 4 is 5.91 Å². The van der Waals surface area contributed by atoms with Gasteiger partial charge in [-0.1, -0.05) is 11.8 Å². The first-order valence-corrected chi connectivity index (χ1v) is 4.53. The molecule has 5 nitrogen and oxygen atoms in total. The van der Waals surface area contributed by atoms with E-state index in [0.717, 1.165) is 0 Å². The topological polar surface area (TPSA) is 51.0 Å². The van der Waals surface area contributed by atoms with Gasteiger partial charge in [-0.25, -0.2) is 4.39 Å². The summed E-state index contributed by atoms with van der Waals surface area (Å²) in [6.07, 6.45) is 1.68. The van der Waals surface area contributed by atoms with Crippen molar-refractivity contribution in [1.82, 2.24) is 19.9 Å². The van der Waals surface area contributed by atoms with Gasteiger partial charge in [-0.05, 0) is 6.92 Å². The van der Waals surface area contributed by atoms with Gasteiger partial charge in [0.05, 0.1) is 6.54 Å². The molecule has 1 aromatic heterocycles. The molecule has 0 bridgehead atoms. The van der Waals surface area contributed by atoms with E-state index in [-0.39, 0.29) is 6.54 Å². The SMILES string of the molecule is C=C(F)C(=O)N(CC)Cc1cn(C)nn1. The van der Waals surface area contributed by atoms with Crippen LogP contribution in [0, 0.1) is 0 Å². The highest BCUT2D eigenvalue weighted by Gasteiger charge is 2.16. The predicted molar refractivity (Wildman–Crippen MR) is 52.3 cm³/mol. The van der Waals surface area contributed by atoms with Gasteiger partial charge in [-0.15, -0.1) is 5.10 Å². The molecule has 1 rings (SSSR count). The van der Waals surface area contributed by atoms with Crippen LogP contribution in [0.1, 0.15) is 12.6 Å². The molecule has 6 heteroatoms. The third-order valence-corrected chi connectivity index (χ3v) is 1.90. The molecule has 0 aliphatic rings. The van der Waals surface area contributed by atoms with Crippen LogP contribution in [-0.4, -0.2) is 32.3 Å². The fourth-order valence-corrected chi connectivity index (χ4v) is 1.16. The zero-order valence-electron chi connectivity index (χ0n) is 8.77. The Morgan fingerprint density at radius 3 is 2.80 bits per heavy atom. The smallest absolute Gasteiger partial charge is 0.282 e. The Bertz CT molecular complexity index is 374. The molecule has 0 saturated heterocycles. The highest BCUT2D eigenvalue weighted by Crippen LogP contribution is 2.05. The van der Waals surface area contributed by atoms with Crippen LogP contribution in [0.4, 0.5) is 4.39 Å². The molecule has 0 atom stereocenters. The highest BCUT2D eigenvalue weighted by molar-refractivity contribution is 5.90. The lowest BCUT2D eigenvalue weighted by Gasteiger charge is -2.17. The van der Waals surface area contributed by atoms with Crippen LogP contribution in [-0.2, 0) is 18.4 Å². The number of carbonyl (C=O) groups is 1. The Balaban J connectivity index is 2.69. The molecular formula is C9H13FN4O. The molecule has 0 unspecified atom stereocenters. The van der Waals surface area contributed by atoms with Crippen LogP contribution in [0.15, 0.2) is 18.6 Å². The molecule has 0 radical (unpaired) electrons. The van der Waals surface area contributed by atoms with Gasteiger partial charge < -0.3 is 4.90 Å². The van der Waals surface area contributed by atoms with E-state index in [2.05, 4.69) is 16.9 Å². The lowest BCUT2D eigenvalue weighted by atomic mass is 10.3. The molecule has 0 aliphatic heterocycles. The molecule has 82 valence electrons. The molecule has 15 heavy (non-hydrogen) atoms. The maximum Gasteiger partial charge on any atom is 0.282 e. The van der Waals surface area contributed by atoms with E-state index in [1.807, 2.05) is 0 Å². The Kier molecular flexibility index (Phi) is 3.54. The van der Waals surface area contributed by atoms with E-state index < -0.39 is 11.7 Å². The number of aromatic nitrogens is 3. The molecule has 1 amide bonds. The van der Waals surface area contributed by atoms with Crippen LogP contribution in [0.25, 0.3) is 0 Å². The number of rotatable bonds is 4. The zero-order valence-corrected chi connectivity index (χ0v) is 8.77. The minimum atomic E-state index is -0.958. The number of carbonyl (C=O) groups excluding carboxylic acids is 1. The number of likely N-dealkylation sites (N-methyl/N-ethyl adjacent to an activating group) is 1. The number of hydrogen-bond donors (Lipinski definition) is 0. The summed E-state index contributed by atoms with van der Waals surface area (Å²) < 4.78 is 14.1.